The average molecular weight is 307 g/mol. The molecule has 1 heterocycles. The molecule has 1 spiro atoms. The van der Waals surface area contributed by atoms with Gasteiger partial charge in [0.25, 0.3) is 0 Å². The Balaban J connectivity index is 1.41. The number of rotatable bonds is 1. The van der Waals surface area contributed by atoms with Gasteiger partial charge in [-0.05, 0) is 61.5 Å². The fourth-order valence-corrected chi connectivity index (χ4v) is 7.21. The smallest absolute Gasteiger partial charge is 0.233 e. The summed E-state index contributed by atoms with van der Waals surface area (Å²) in [6, 6.07) is 8.32. The van der Waals surface area contributed by atoms with Crippen molar-refractivity contribution in [3.63, 3.8) is 0 Å². The first-order valence-corrected chi connectivity index (χ1v) is 9.07. The third kappa shape index (κ3) is 1.28. The van der Waals surface area contributed by atoms with Gasteiger partial charge in [0.05, 0.1) is 5.41 Å². The average Bonchev–Trinajstić information content (AvgIpc) is 3.16. The molecule has 1 amide bonds. The van der Waals surface area contributed by atoms with Gasteiger partial charge in [0.15, 0.2) is 0 Å². The Morgan fingerprint density at radius 3 is 2.91 bits per heavy atom. The first-order chi connectivity index (χ1) is 11.1. The largest absolute Gasteiger partial charge is 0.311 e. The number of carbonyl (C=O) groups excluding carboxylic acids is 2. The van der Waals surface area contributed by atoms with Crippen molar-refractivity contribution >= 4 is 17.4 Å². The van der Waals surface area contributed by atoms with E-state index in [0.29, 0.717) is 23.5 Å². The zero-order valence-corrected chi connectivity index (χ0v) is 13.3. The van der Waals surface area contributed by atoms with Crippen molar-refractivity contribution in [3.8, 4) is 0 Å². The lowest BCUT2D eigenvalue weighted by molar-refractivity contribution is -0.149. The SMILES string of the molecule is O=C1C2CC3CC4(C(=O)N5CCc6ccccc65)CC1C2(C3)C4. The van der Waals surface area contributed by atoms with Crippen molar-refractivity contribution < 1.29 is 9.59 Å². The van der Waals surface area contributed by atoms with Gasteiger partial charge in [-0.1, -0.05) is 18.2 Å². The topological polar surface area (TPSA) is 37.4 Å². The molecule has 3 nitrogen and oxygen atoms in total. The molecular formula is C20H21NO2. The molecule has 0 aromatic heterocycles. The summed E-state index contributed by atoms with van der Waals surface area (Å²) in [5, 5.41) is 0. The highest BCUT2D eigenvalue weighted by Crippen LogP contribution is 2.77. The van der Waals surface area contributed by atoms with Crippen LogP contribution in [0.1, 0.15) is 37.7 Å². The summed E-state index contributed by atoms with van der Waals surface area (Å²) in [6.45, 7) is 0.819. The summed E-state index contributed by atoms with van der Waals surface area (Å²) in [5.74, 6) is 1.95. The summed E-state index contributed by atoms with van der Waals surface area (Å²) in [7, 11) is 0. The Morgan fingerprint density at radius 1 is 1.13 bits per heavy atom. The maximum absolute atomic E-state index is 13.5. The number of ketones is 1. The molecule has 5 unspecified atom stereocenters. The van der Waals surface area contributed by atoms with Gasteiger partial charge in [-0.3, -0.25) is 9.59 Å². The highest BCUT2D eigenvalue weighted by atomic mass is 16.2. The fourth-order valence-electron chi connectivity index (χ4n) is 7.21. The standard InChI is InChI=1S/C20H21NO2/c22-17-14-7-12-8-19(10-15(17)20(14,9-12)11-19)18(23)21-6-5-13-3-1-2-4-16(13)21/h1-4,12,14-15H,5-11H2. The van der Waals surface area contributed by atoms with Crippen LogP contribution in [0.15, 0.2) is 24.3 Å². The number of Topliss-reactive ketones (excluding diaryl/α,β-unsaturated/α-hetero) is 1. The van der Waals surface area contributed by atoms with Gasteiger partial charge in [-0.2, -0.15) is 0 Å². The van der Waals surface area contributed by atoms with Crippen LogP contribution in [0, 0.1) is 28.6 Å². The van der Waals surface area contributed by atoms with E-state index in [9.17, 15) is 9.59 Å². The molecule has 23 heavy (non-hydrogen) atoms. The minimum atomic E-state index is -0.230. The number of carbonyl (C=O) groups is 2. The van der Waals surface area contributed by atoms with Crippen LogP contribution in [-0.4, -0.2) is 18.2 Å². The Morgan fingerprint density at radius 2 is 2.00 bits per heavy atom. The van der Waals surface area contributed by atoms with Crippen molar-refractivity contribution in [3.05, 3.63) is 29.8 Å². The van der Waals surface area contributed by atoms with E-state index in [0.717, 1.165) is 44.3 Å². The van der Waals surface area contributed by atoms with Crippen molar-refractivity contribution in [1.29, 1.82) is 0 Å². The maximum atomic E-state index is 13.5. The molecule has 1 aromatic rings. The van der Waals surface area contributed by atoms with Gasteiger partial charge in [0.1, 0.15) is 5.78 Å². The molecule has 3 heteroatoms. The molecule has 3 bridgehead atoms. The maximum Gasteiger partial charge on any atom is 0.233 e. The van der Waals surface area contributed by atoms with Crippen LogP contribution >= 0.6 is 0 Å². The molecular weight excluding hydrogens is 286 g/mol. The number of benzene rings is 1. The monoisotopic (exact) mass is 307 g/mol. The molecule has 0 saturated heterocycles. The molecule has 5 atom stereocenters. The number of amides is 1. The summed E-state index contributed by atoms with van der Waals surface area (Å²) in [6.07, 6.45) is 6.14. The Hall–Kier alpha value is -1.64. The molecule has 5 aliphatic rings. The molecule has 118 valence electrons. The predicted molar refractivity (Wildman–Crippen MR) is 85.9 cm³/mol. The number of para-hydroxylation sites is 1. The quantitative estimate of drug-likeness (QED) is 0.800. The van der Waals surface area contributed by atoms with E-state index in [2.05, 4.69) is 18.2 Å². The normalized spacial score (nSPS) is 45.1. The first kappa shape index (κ1) is 12.7. The van der Waals surface area contributed by atoms with Gasteiger partial charge in [-0.15, -0.1) is 0 Å². The van der Waals surface area contributed by atoms with E-state index in [1.165, 1.54) is 12.0 Å². The van der Waals surface area contributed by atoms with E-state index in [1.54, 1.807) is 0 Å². The minimum absolute atomic E-state index is 0.210. The van der Waals surface area contributed by atoms with Gasteiger partial charge in [0, 0.05) is 24.1 Å². The van der Waals surface area contributed by atoms with Gasteiger partial charge >= 0.3 is 0 Å². The molecule has 1 aliphatic heterocycles. The van der Waals surface area contributed by atoms with Crippen molar-refractivity contribution in [1.82, 2.24) is 0 Å². The molecule has 6 rings (SSSR count). The number of hydrogen-bond donors (Lipinski definition) is 0. The summed E-state index contributed by atoms with van der Waals surface area (Å²) in [5.41, 5.74) is 2.41. The molecule has 4 aliphatic carbocycles. The van der Waals surface area contributed by atoms with E-state index in [-0.39, 0.29) is 16.7 Å². The first-order valence-electron chi connectivity index (χ1n) is 9.07. The second kappa shape index (κ2) is 3.71. The minimum Gasteiger partial charge on any atom is -0.311 e. The predicted octanol–water partition coefficient (Wildman–Crippen LogP) is 2.97. The van der Waals surface area contributed by atoms with E-state index >= 15 is 0 Å². The summed E-state index contributed by atoms with van der Waals surface area (Å²) >= 11 is 0. The van der Waals surface area contributed by atoms with Crippen molar-refractivity contribution in [2.45, 2.75) is 38.5 Å². The molecule has 4 fully saturated rings. The van der Waals surface area contributed by atoms with Crippen molar-refractivity contribution in [2.24, 2.45) is 28.6 Å². The lowest BCUT2D eigenvalue weighted by atomic mass is 9.54. The molecule has 4 saturated carbocycles. The van der Waals surface area contributed by atoms with Gasteiger partial charge in [0.2, 0.25) is 5.91 Å². The van der Waals surface area contributed by atoms with Gasteiger partial charge in [-0.25, -0.2) is 0 Å². The van der Waals surface area contributed by atoms with Crippen LogP contribution in [0.25, 0.3) is 0 Å². The number of nitrogens with zero attached hydrogens (tertiary/aromatic N) is 1. The van der Waals surface area contributed by atoms with Crippen LogP contribution in [0.4, 0.5) is 5.69 Å². The second-order valence-electron chi connectivity index (χ2n) is 8.75. The summed E-state index contributed by atoms with van der Waals surface area (Å²) < 4.78 is 0. The van der Waals surface area contributed by atoms with E-state index in [4.69, 9.17) is 0 Å². The second-order valence-corrected chi connectivity index (χ2v) is 8.75. The van der Waals surface area contributed by atoms with E-state index in [1.807, 2.05) is 11.0 Å². The third-order valence-corrected chi connectivity index (χ3v) is 7.84. The number of anilines is 1. The third-order valence-electron chi connectivity index (χ3n) is 7.84. The van der Waals surface area contributed by atoms with Gasteiger partial charge < -0.3 is 4.90 Å². The Kier molecular flexibility index (Phi) is 2.05. The zero-order chi connectivity index (χ0) is 15.4. The number of fused-ring (bicyclic) bond motifs is 3. The number of hydrogen-bond acceptors (Lipinski definition) is 2. The molecule has 0 radical (unpaired) electrons. The van der Waals surface area contributed by atoms with E-state index < -0.39 is 0 Å². The highest BCUT2D eigenvalue weighted by Gasteiger charge is 2.76. The van der Waals surface area contributed by atoms with Crippen LogP contribution in [0.3, 0.4) is 0 Å². The van der Waals surface area contributed by atoms with Crippen molar-refractivity contribution in [2.75, 3.05) is 11.4 Å². The lowest BCUT2D eigenvalue weighted by Crippen LogP contribution is -2.51. The van der Waals surface area contributed by atoms with Crippen LogP contribution in [0.5, 0.6) is 0 Å². The Labute approximate surface area is 136 Å². The fraction of sp³-hybridized carbons (Fsp3) is 0.600. The summed E-state index contributed by atoms with van der Waals surface area (Å²) in [4.78, 5) is 28.0. The molecule has 0 N–H and O–H groups in total. The van der Waals surface area contributed by atoms with Crippen LogP contribution < -0.4 is 4.90 Å². The Bertz CT molecular complexity index is 771. The lowest BCUT2D eigenvalue weighted by Gasteiger charge is -2.47. The highest BCUT2D eigenvalue weighted by molar-refractivity contribution is 6.02. The molecule has 1 aromatic carbocycles. The van der Waals surface area contributed by atoms with Crippen LogP contribution in [0.2, 0.25) is 0 Å². The van der Waals surface area contributed by atoms with Crippen LogP contribution in [-0.2, 0) is 16.0 Å². The zero-order valence-electron chi connectivity index (χ0n) is 13.3.